The van der Waals surface area contributed by atoms with Crippen LogP contribution in [0.25, 0.3) is 21.7 Å². The van der Waals surface area contributed by atoms with Gasteiger partial charge in [-0.1, -0.05) is 37.3 Å². The fourth-order valence-electron chi connectivity index (χ4n) is 2.47. The van der Waals surface area contributed by atoms with Crippen LogP contribution in [-0.2, 0) is 6.54 Å². The number of halogens is 1. The van der Waals surface area contributed by atoms with Crippen molar-refractivity contribution in [3.63, 3.8) is 0 Å². The molecule has 1 heterocycles. The highest BCUT2D eigenvalue weighted by Gasteiger charge is 2.11. The van der Waals surface area contributed by atoms with E-state index in [0.29, 0.717) is 0 Å². The average molecular weight is 302 g/mol. The van der Waals surface area contributed by atoms with Crippen LogP contribution in [0.1, 0.15) is 13.3 Å². The van der Waals surface area contributed by atoms with Gasteiger partial charge in [0.15, 0.2) is 6.20 Å². The molecule has 1 nitrogen and oxygen atoms in total. The Bertz CT molecular complexity index is 676. The zero-order valence-corrected chi connectivity index (χ0v) is 12.0. The normalized spacial score (nSPS) is 10.5. The summed E-state index contributed by atoms with van der Waals surface area (Å²) in [5.41, 5.74) is 1.33. The summed E-state index contributed by atoms with van der Waals surface area (Å²) in [7, 11) is 0. The number of hydrogen-bond acceptors (Lipinski definition) is 0. The Morgan fingerprint density at radius 3 is 2.33 bits per heavy atom. The lowest BCUT2D eigenvalue weighted by Gasteiger charge is -2.04. The molecule has 92 valence electrons. The molecular weight excluding hydrogens is 286 g/mol. The van der Waals surface area contributed by atoms with Gasteiger partial charge < -0.3 is 17.0 Å². The SMILES string of the molecule is CCC[n+]1cc2ccccc2c2ccccc21.[Br-]. The minimum atomic E-state index is 0. The van der Waals surface area contributed by atoms with E-state index in [-0.39, 0.29) is 17.0 Å². The first kappa shape index (κ1) is 13.0. The summed E-state index contributed by atoms with van der Waals surface area (Å²) in [6.45, 7) is 3.29. The molecule has 3 rings (SSSR count). The van der Waals surface area contributed by atoms with Crippen molar-refractivity contribution in [3.05, 3.63) is 54.7 Å². The minimum Gasteiger partial charge on any atom is -1.00 e. The molecule has 0 aliphatic rings. The molecule has 0 unspecified atom stereocenters. The molecule has 0 spiro atoms. The Morgan fingerprint density at radius 2 is 1.56 bits per heavy atom. The topological polar surface area (TPSA) is 3.88 Å². The van der Waals surface area contributed by atoms with Gasteiger partial charge in [0.2, 0.25) is 5.52 Å². The third-order valence-corrected chi connectivity index (χ3v) is 3.22. The van der Waals surface area contributed by atoms with Crippen LogP contribution in [-0.4, -0.2) is 0 Å². The maximum Gasteiger partial charge on any atom is 0.213 e. The largest absolute Gasteiger partial charge is 1.00 e. The number of hydrogen-bond donors (Lipinski definition) is 0. The fourth-order valence-corrected chi connectivity index (χ4v) is 2.47. The molecule has 1 aromatic heterocycles. The molecular formula is C16H16BrN. The second-order valence-corrected chi connectivity index (χ2v) is 4.43. The lowest BCUT2D eigenvalue weighted by atomic mass is 10.1. The van der Waals surface area contributed by atoms with Crippen molar-refractivity contribution < 1.29 is 21.5 Å². The maximum atomic E-state index is 2.36. The van der Waals surface area contributed by atoms with E-state index in [2.05, 4.69) is 66.2 Å². The molecule has 2 heteroatoms. The Hall–Kier alpha value is -1.41. The van der Waals surface area contributed by atoms with Gasteiger partial charge in [-0.05, 0) is 12.1 Å². The smallest absolute Gasteiger partial charge is 0.213 e. The number of aryl methyl sites for hydroxylation is 1. The summed E-state index contributed by atoms with van der Waals surface area (Å²) in [6, 6.07) is 17.3. The van der Waals surface area contributed by atoms with E-state index in [1.807, 2.05) is 0 Å². The molecule has 3 aromatic rings. The first-order valence-corrected chi connectivity index (χ1v) is 6.20. The molecule has 2 aromatic carbocycles. The lowest BCUT2D eigenvalue weighted by Crippen LogP contribution is -3.00. The molecule has 0 saturated heterocycles. The second kappa shape index (κ2) is 5.49. The van der Waals surface area contributed by atoms with Crippen LogP contribution in [0, 0.1) is 0 Å². The molecule has 0 N–H and O–H groups in total. The van der Waals surface area contributed by atoms with Crippen LogP contribution in [0.2, 0.25) is 0 Å². The predicted molar refractivity (Wildman–Crippen MR) is 71.9 cm³/mol. The summed E-state index contributed by atoms with van der Waals surface area (Å²) in [5, 5.41) is 4.01. The molecule has 0 saturated carbocycles. The van der Waals surface area contributed by atoms with E-state index in [1.165, 1.54) is 21.7 Å². The van der Waals surface area contributed by atoms with Crippen LogP contribution in [0.5, 0.6) is 0 Å². The number of aromatic nitrogens is 1. The number of benzene rings is 2. The average Bonchev–Trinajstić information content (AvgIpc) is 2.39. The Kier molecular flexibility index (Phi) is 3.97. The van der Waals surface area contributed by atoms with E-state index in [9.17, 15) is 0 Å². The number of pyridine rings is 1. The van der Waals surface area contributed by atoms with E-state index in [1.54, 1.807) is 0 Å². The molecule has 18 heavy (non-hydrogen) atoms. The molecule has 0 amide bonds. The number of nitrogens with zero attached hydrogens (tertiary/aromatic N) is 1. The standard InChI is InChI=1S/C16H16N.BrH/c1-2-11-17-12-13-7-3-4-8-14(13)15-9-5-6-10-16(15)17;/h3-10,12H,2,11H2,1H3;1H/q+1;/p-1. The monoisotopic (exact) mass is 301 g/mol. The quantitative estimate of drug-likeness (QED) is 0.484. The lowest BCUT2D eigenvalue weighted by molar-refractivity contribution is -0.670. The summed E-state index contributed by atoms with van der Waals surface area (Å²) >= 11 is 0. The summed E-state index contributed by atoms with van der Waals surface area (Å²) in [5.74, 6) is 0. The number of rotatable bonds is 2. The van der Waals surface area contributed by atoms with Gasteiger partial charge in [-0.3, -0.25) is 0 Å². The zero-order chi connectivity index (χ0) is 11.7. The van der Waals surface area contributed by atoms with Crippen molar-refractivity contribution in [1.29, 1.82) is 0 Å². The Labute approximate surface area is 118 Å². The minimum absolute atomic E-state index is 0. The highest BCUT2D eigenvalue weighted by atomic mass is 79.9. The van der Waals surface area contributed by atoms with Crippen molar-refractivity contribution in [2.24, 2.45) is 0 Å². The molecule has 0 radical (unpaired) electrons. The fraction of sp³-hybridized carbons (Fsp3) is 0.188. The van der Waals surface area contributed by atoms with Crippen LogP contribution in [0.3, 0.4) is 0 Å². The van der Waals surface area contributed by atoms with Crippen molar-refractivity contribution in [2.45, 2.75) is 19.9 Å². The van der Waals surface area contributed by atoms with Gasteiger partial charge >= 0.3 is 0 Å². The van der Waals surface area contributed by atoms with E-state index < -0.39 is 0 Å². The molecule has 0 aliphatic carbocycles. The van der Waals surface area contributed by atoms with Gasteiger partial charge in [-0.2, -0.15) is 4.57 Å². The van der Waals surface area contributed by atoms with Gasteiger partial charge in [0.05, 0.1) is 5.39 Å². The van der Waals surface area contributed by atoms with Gasteiger partial charge in [0.1, 0.15) is 6.54 Å². The van der Waals surface area contributed by atoms with Gasteiger partial charge in [-0.25, -0.2) is 0 Å². The number of fused-ring (bicyclic) bond motifs is 3. The second-order valence-electron chi connectivity index (χ2n) is 4.43. The first-order valence-electron chi connectivity index (χ1n) is 6.20. The van der Waals surface area contributed by atoms with E-state index >= 15 is 0 Å². The van der Waals surface area contributed by atoms with Crippen molar-refractivity contribution in [2.75, 3.05) is 0 Å². The Balaban J connectivity index is 0.00000120. The first-order chi connectivity index (χ1) is 8.40. The number of para-hydroxylation sites is 1. The van der Waals surface area contributed by atoms with E-state index in [4.69, 9.17) is 0 Å². The summed E-state index contributed by atoms with van der Waals surface area (Å²) in [6.07, 6.45) is 3.42. The van der Waals surface area contributed by atoms with Gasteiger partial charge in [0.25, 0.3) is 0 Å². The molecule has 0 fully saturated rings. The highest BCUT2D eigenvalue weighted by Crippen LogP contribution is 2.21. The molecule has 0 atom stereocenters. The maximum absolute atomic E-state index is 2.36. The predicted octanol–water partition coefficient (Wildman–Crippen LogP) is 0.694. The van der Waals surface area contributed by atoms with Crippen LogP contribution in [0.4, 0.5) is 0 Å². The molecule has 0 bridgehead atoms. The van der Waals surface area contributed by atoms with Gasteiger partial charge in [-0.15, -0.1) is 0 Å². The zero-order valence-electron chi connectivity index (χ0n) is 10.4. The van der Waals surface area contributed by atoms with E-state index in [0.717, 1.165) is 13.0 Å². The summed E-state index contributed by atoms with van der Waals surface area (Å²) < 4.78 is 2.36. The third kappa shape index (κ3) is 2.13. The third-order valence-electron chi connectivity index (χ3n) is 3.22. The molecule has 0 aliphatic heterocycles. The van der Waals surface area contributed by atoms with Crippen molar-refractivity contribution in [3.8, 4) is 0 Å². The van der Waals surface area contributed by atoms with Crippen LogP contribution >= 0.6 is 0 Å². The van der Waals surface area contributed by atoms with Crippen molar-refractivity contribution >= 4 is 21.7 Å². The van der Waals surface area contributed by atoms with Gasteiger partial charge in [0, 0.05) is 23.3 Å². The highest BCUT2D eigenvalue weighted by molar-refractivity contribution is 6.03. The van der Waals surface area contributed by atoms with Crippen LogP contribution in [0.15, 0.2) is 54.7 Å². The van der Waals surface area contributed by atoms with Crippen molar-refractivity contribution in [1.82, 2.24) is 0 Å². The summed E-state index contributed by atoms with van der Waals surface area (Å²) in [4.78, 5) is 0. The van der Waals surface area contributed by atoms with Crippen LogP contribution < -0.4 is 21.5 Å². The Morgan fingerprint density at radius 1 is 0.889 bits per heavy atom.